The van der Waals surface area contributed by atoms with E-state index in [1.54, 1.807) is 24.7 Å². The Kier molecular flexibility index (Phi) is 5.72. The average molecular weight is 363 g/mol. The predicted octanol–water partition coefficient (Wildman–Crippen LogP) is 3.51. The Morgan fingerprint density at radius 2 is 1.89 bits per heavy atom. The zero-order valence-corrected chi connectivity index (χ0v) is 15.7. The van der Waals surface area contributed by atoms with Crippen LogP contribution < -0.4 is 5.32 Å². The van der Waals surface area contributed by atoms with Crippen LogP contribution in [0.5, 0.6) is 0 Å². The summed E-state index contributed by atoms with van der Waals surface area (Å²) in [7, 11) is 0. The van der Waals surface area contributed by atoms with Crippen LogP contribution in [0, 0.1) is 0 Å². The number of aliphatic hydroxyl groups is 1. The highest BCUT2D eigenvalue weighted by molar-refractivity contribution is 5.94. The Hall–Kier alpha value is -2.92. The van der Waals surface area contributed by atoms with E-state index in [0.29, 0.717) is 18.5 Å². The normalized spacial score (nSPS) is 11.4. The van der Waals surface area contributed by atoms with Gasteiger partial charge in [0, 0.05) is 24.5 Å². The average Bonchev–Trinajstić information content (AvgIpc) is 3.19. The van der Waals surface area contributed by atoms with E-state index in [0.717, 1.165) is 23.2 Å². The van der Waals surface area contributed by atoms with Gasteiger partial charge in [0.2, 0.25) is 0 Å². The Bertz CT molecular complexity index is 879. The molecule has 0 bridgehead atoms. The molecule has 5 heteroatoms. The predicted molar refractivity (Wildman–Crippen MR) is 106 cm³/mol. The summed E-state index contributed by atoms with van der Waals surface area (Å²) in [6.45, 7) is 4.06. The highest BCUT2D eigenvalue weighted by Crippen LogP contribution is 2.14. The van der Waals surface area contributed by atoms with Gasteiger partial charge in [0.05, 0.1) is 11.3 Å². The lowest BCUT2D eigenvalue weighted by Crippen LogP contribution is -2.23. The van der Waals surface area contributed by atoms with Crippen molar-refractivity contribution in [2.75, 3.05) is 0 Å². The fourth-order valence-corrected chi connectivity index (χ4v) is 2.79. The minimum absolute atomic E-state index is 0.103. The molecule has 1 amide bonds. The van der Waals surface area contributed by atoms with Crippen LogP contribution in [0.15, 0.2) is 67.0 Å². The molecule has 1 heterocycles. The molecule has 1 aromatic heterocycles. The van der Waals surface area contributed by atoms with Crippen LogP contribution in [0.25, 0.3) is 5.69 Å². The van der Waals surface area contributed by atoms with E-state index in [2.05, 4.69) is 10.4 Å². The lowest BCUT2D eigenvalue weighted by molar-refractivity contribution is 0.0713. The maximum absolute atomic E-state index is 12.4. The maximum atomic E-state index is 12.4. The van der Waals surface area contributed by atoms with Crippen LogP contribution in [0.3, 0.4) is 0 Å². The van der Waals surface area contributed by atoms with Gasteiger partial charge in [-0.05, 0) is 68.1 Å². The molecule has 140 valence electrons. The number of nitrogens with one attached hydrogen (secondary N) is 1. The molecule has 2 N–H and O–H groups in total. The Morgan fingerprint density at radius 3 is 2.56 bits per heavy atom. The summed E-state index contributed by atoms with van der Waals surface area (Å²) < 4.78 is 1.79. The Labute approximate surface area is 159 Å². The molecule has 0 aliphatic carbocycles. The first kappa shape index (κ1) is 18.9. The van der Waals surface area contributed by atoms with Gasteiger partial charge < -0.3 is 10.4 Å². The minimum atomic E-state index is -0.680. The third-order valence-corrected chi connectivity index (χ3v) is 4.37. The molecule has 0 saturated heterocycles. The molecule has 2 aromatic carbocycles. The molecule has 0 unspecified atom stereocenters. The third kappa shape index (κ3) is 5.53. The molecule has 0 saturated carbocycles. The number of hydrogen-bond donors (Lipinski definition) is 2. The highest BCUT2D eigenvalue weighted by Gasteiger charge is 2.12. The van der Waals surface area contributed by atoms with Crippen LogP contribution >= 0.6 is 0 Å². The van der Waals surface area contributed by atoms with Gasteiger partial charge in [-0.2, -0.15) is 5.10 Å². The maximum Gasteiger partial charge on any atom is 0.251 e. The number of nitrogens with zero attached hydrogens (tertiary/aromatic N) is 2. The van der Waals surface area contributed by atoms with Gasteiger partial charge in [0.15, 0.2) is 0 Å². The summed E-state index contributed by atoms with van der Waals surface area (Å²) in [5, 5.41) is 17.0. The largest absolute Gasteiger partial charge is 0.390 e. The van der Waals surface area contributed by atoms with Crippen LogP contribution in [0.4, 0.5) is 0 Å². The van der Waals surface area contributed by atoms with Gasteiger partial charge >= 0.3 is 0 Å². The molecule has 27 heavy (non-hydrogen) atoms. The third-order valence-electron chi connectivity index (χ3n) is 4.37. The fraction of sp³-hybridized carbons (Fsp3) is 0.273. The second-order valence-electron chi connectivity index (χ2n) is 7.31. The second kappa shape index (κ2) is 8.18. The van der Waals surface area contributed by atoms with Gasteiger partial charge in [-0.3, -0.25) is 4.79 Å². The number of carbonyl (C=O) groups is 1. The molecule has 0 aliphatic heterocycles. The molecular formula is C22H25N3O2. The monoisotopic (exact) mass is 363 g/mol. The van der Waals surface area contributed by atoms with Crippen LogP contribution in [-0.4, -0.2) is 26.4 Å². The van der Waals surface area contributed by atoms with E-state index in [1.165, 1.54) is 0 Å². The Morgan fingerprint density at radius 1 is 1.11 bits per heavy atom. The van der Waals surface area contributed by atoms with E-state index in [4.69, 9.17) is 0 Å². The van der Waals surface area contributed by atoms with Crippen molar-refractivity contribution in [2.24, 2.45) is 0 Å². The van der Waals surface area contributed by atoms with Crippen molar-refractivity contribution in [1.82, 2.24) is 15.1 Å². The van der Waals surface area contributed by atoms with Gasteiger partial charge in [-0.1, -0.05) is 24.3 Å². The smallest absolute Gasteiger partial charge is 0.251 e. The van der Waals surface area contributed by atoms with Crippen molar-refractivity contribution < 1.29 is 9.90 Å². The molecular weight excluding hydrogens is 338 g/mol. The second-order valence-corrected chi connectivity index (χ2v) is 7.31. The number of rotatable bonds is 7. The molecule has 0 atom stereocenters. The van der Waals surface area contributed by atoms with E-state index in [9.17, 15) is 9.90 Å². The standard InChI is InChI=1S/C22H25N3O2/c1-22(2,27)12-11-17-7-9-19(10-8-17)21(26)23-16-18-5-3-6-20(15-18)25-14-4-13-24-25/h3-10,13-15,27H,11-12,16H2,1-2H3,(H,23,26). The van der Waals surface area contributed by atoms with Gasteiger partial charge in [-0.15, -0.1) is 0 Å². The summed E-state index contributed by atoms with van der Waals surface area (Å²) >= 11 is 0. The number of aromatic nitrogens is 2. The minimum Gasteiger partial charge on any atom is -0.390 e. The van der Waals surface area contributed by atoms with Crippen molar-refractivity contribution in [3.8, 4) is 5.69 Å². The highest BCUT2D eigenvalue weighted by atomic mass is 16.3. The molecule has 0 spiro atoms. The molecule has 0 aliphatic rings. The topological polar surface area (TPSA) is 67.2 Å². The van der Waals surface area contributed by atoms with Crippen molar-refractivity contribution >= 4 is 5.91 Å². The quantitative estimate of drug-likeness (QED) is 0.675. The summed E-state index contributed by atoms with van der Waals surface area (Å²) in [6.07, 6.45) is 5.09. The Balaban J connectivity index is 1.57. The lowest BCUT2D eigenvalue weighted by atomic mass is 9.98. The van der Waals surface area contributed by atoms with E-state index in [1.807, 2.05) is 60.8 Å². The molecule has 0 radical (unpaired) electrons. The molecule has 3 rings (SSSR count). The number of hydrogen-bond acceptors (Lipinski definition) is 3. The van der Waals surface area contributed by atoms with E-state index in [-0.39, 0.29) is 5.91 Å². The van der Waals surface area contributed by atoms with Crippen molar-refractivity contribution in [3.63, 3.8) is 0 Å². The fourth-order valence-electron chi connectivity index (χ4n) is 2.79. The lowest BCUT2D eigenvalue weighted by Gasteiger charge is -2.16. The molecule has 5 nitrogen and oxygen atoms in total. The first-order valence-electron chi connectivity index (χ1n) is 9.09. The number of carbonyl (C=O) groups excluding carboxylic acids is 1. The summed E-state index contributed by atoms with van der Waals surface area (Å²) in [5.74, 6) is -0.103. The van der Waals surface area contributed by atoms with E-state index < -0.39 is 5.60 Å². The van der Waals surface area contributed by atoms with Gasteiger partial charge in [0.1, 0.15) is 0 Å². The summed E-state index contributed by atoms with van der Waals surface area (Å²) in [5.41, 5.74) is 3.03. The SMILES string of the molecule is CC(C)(O)CCc1ccc(C(=O)NCc2cccc(-n3cccn3)c2)cc1. The van der Waals surface area contributed by atoms with Crippen molar-refractivity contribution in [1.29, 1.82) is 0 Å². The van der Waals surface area contributed by atoms with Crippen molar-refractivity contribution in [2.45, 2.75) is 38.8 Å². The number of amides is 1. The first-order chi connectivity index (χ1) is 12.9. The molecule has 3 aromatic rings. The first-order valence-corrected chi connectivity index (χ1v) is 9.09. The van der Waals surface area contributed by atoms with Gasteiger partial charge in [0.25, 0.3) is 5.91 Å². The van der Waals surface area contributed by atoms with Crippen LogP contribution in [-0.2, 0) is 13.0 Å². The summed E-state index contributed by atoms with van der Waals surface area (Å²) in [6, 6.07) is 17.3. The van der Waals surface area contributed by atoms with Gasteiger partial charge in [-0.25, -0.2) is 4.68 Å². The zero-order chi connectivity index (χ0) is 19.3. The zero-order valence-electron chi connectivity index (χ0n) is 15.7. The number of aryl methyl sites for hydroxylation is 1. The summed E-state index contributed by atoms with van der Waals surface area (Å²) in [4.78, 5) is 12.4. The van der Waals surface area contributed by atoms with E-state index >= 15 is 0 Å². The van der Waals surface area contributed by atoms with Crippen LogP contribution in [0.1, 0.15) is 41.8 Å². The number of benzene rings is 2. The van der Waals surface area contributed by atoms with Crippen molar-refractivity contribution in [3.05, 3.63) is 83.7 Å². The van der Waals surface area contributed by atoms with Crippen LogP contribution in [0.2, 0.25) is 0 Å². The molecule has 0 fully saturated rings.